The van der Waals surface area contributed by atoms with Crippen LogP contribution in [-0.4, -0.2) is 58.7 Å². The van der Waals surface area contributed by atoms with E-state index in [9.17, 15) is 5.11 Å². The zero-order chi connectivity index (χ0) is 16.8. The van der Waals surface area contributed by atoms with Gasteiger partial charge in [-0.1, -0.05) is 6.07 Å². The smallest absolute Gasteiger partial charge is 0.120 e. The van der Waals surface area contributed by atoms with Crippen molar-refractivity contribution in [1.29, 1.82) is 0 Å². The Labute approximate surface area is 143 Å². The van der Waals surface area contributed by atoms with Crippen LogP contribution in [-0.2, 0) is 6.54 Å². The van der Waals surface area contributed by atoms with E-state index in [-0.39, 0.29) is 6.10 Å². The number of likely N-dealkylation sites (tertiary alicyclic amines) is 1. The SMILES string of the molecule is COc1cccc(NC2CCN(C[C@H](O)Cn3cccn3)CC2)c1. The highest BCUT2D eigenvalue weighted by molar-refractivity contribution is 5.48. The number of aromatic nitrogens is 2. The van der Waals surface area contributed by atoms with Crippen LogP contribution in [0.4, 0.5) is 5.69 Å². The largest absolute Gasteiger partial charge is 0.497 e. The van der Waals surface area contributed by atoms with Crippen LogP contribution in [0.1, 0.15) is 12.8 Å². The summed E-state index contributed by atoms with van der Waals surface area (Å²) < 4.78 is 7.04. The third-order valence-corrected chi connectivity index (χ3v) is 4.45. The first-order valence-corrected chi connectivity index (χ1v) is 8.51. The van der Waals surface area contributed by atoms with Gasteiger partial charge in [-0.2, -0.15) is 5.10 Å². The molecule has 6 heteroatoms. The number of piperidine rings is 1. The third kappa shape index (κ3) is 4.72. The standard InChI is InChI=1S/C18H26N4O2/c1-24-18-5-2-4-16(12-18)20-15-6-10-21(11-7-15)13-17(23)14-22-9-3-8-19-22/h2-5,8-9,12,15,17,20,23H,6-7,10-11,13-14H2,1H3/t17-/m0/s1. The summed E-state index contributed by atoms with van der Waals surface area (Å²) in [5, 5.41) is 17.9. The summed E-state index contributed by atoms with van der Waals surface area (Å²) in [6.07, 6.45) is 5.39. The van der Waals surface area contributed by atoms with Crippen LogP contribution in [0.15, 0.2) is 42.7 Å². The zero-order valence-electron chi connectivity index (χ0n) is 14.1. The molecular formula is C18H26N4O2. The van der Waals surface area contributed by atoms with Crippen LogP contribution in [0.3, 0.4) is 0 Å². The molecule has 6 nitrogen and oxygen atoms in total. The van der Waals surface area contributed by atoms with E-state index < -0.39 is 0 Å². The molecule has 0 spiro atoms. The second kappa shape index (κ2) is 8.17. The van der Waals surface area contributed by atoms with Crippen molar-refractivity contribution >= 4 is 5.69 Å². The van der Waals surface area contributed by atoms with Gasteiger partial charge in [0.2, 0.25) is 0 Å². The minimum Gasteiger partial charge on any atom is -0.497 e. The summed E-state index contributed by atoms with van der Waals surface area (Å²) in [6.45, 7) is 3.25. The van der Waals surface area contributed by atoms with Crippen LogP contribution >= 0.6 is 0 Å². The Morgan fingerprint density at radius 2 is 2.12 bits per heavy atom. The van der Waals surface area contributed by atoms with E-state index in [1.54, 1.807) is 18.0 Å². The zero-order valence-corrected chi connectivity index (χ0v) is 14.1. The summed E-state index contributed by atoms with van der Waals surface area (Å²) in [5.41, 5.74) is 1.10. The van der Waals surface area contributed by atoms with Crippen molar-refractivity contribution in [3.8, 4) is 5.75 Å². The molecule has 130 valence electrons. The Balaban J connectivity index is 1.42. The number of ether oxygens (including phenoxy) is 1. The van der Waals surface area contributed by atoms with E-state index in [1.807, 2.05) is 30.5 Å². The topological polar surface area (TPSA) is 62.6 Å². The average molecular weight is 330 g/mol. The molecule has 1 aliphatic heterocycles. The van der Waals surface area contributed by atoms with Crippen LogP contribution in [0, 0.1) is 0 Å². The molecule has 2 N–H and O–H groups in total. The van der Waals surface area contributed by atoms with Crippen LogP contribution in [0.5, 0.6) is 5.75 Å². The maximum Gasteiger partial charge on any atom is 0.120 e. The maximum absolute atomic E-state index is 10.2. The lowest BCUT2D eigenvalue weighted by Gasteiger charge is -2.34. The number of rotatable bonds is 7. The Hall–Kier alpha value is -2.05. The van der Waals surface area contributed by atoms with Crippen molar-refractivity contribution in [3.63, 3.8) is 0 Å². The van der Waals surface area contributed by atoms with Crippen molar-refractivity contribution in [1.82, 2.24) is 14.7 Å². The van der Waals surface area contributed by atoms with E-state index in [1.165, 1.54) is 0 Å². The van der Waals surface area contributed by atoms with Crippen molar-refractivity contribution in [2.45, 2.75) is 31.5 Å². The monoisotopic (exact) mass is 330 g/mol. The second-order valence-corrected chi connectivity index (χ2v) is 6.33. The minimum absolute atomic E-state index is 0.382. The predicted octanol–water partition coefficient (Wildman–Crippen LogP) is 1.83. The van der Waals surface area contributed by atoms with Gasteiger partial charge in [-0.3, -0.25) is 4.68 Å². The van der Waals surface area contributed by atoms with Gasteiger partial charge in [0, 0.05) is 49.8 Å². The van der Waals surface area contributed by atoms with Crippen LogP contribution in [0.2, 0.25) is 0 Å². The normalized spacial score (nSPS) is 17.6. The molecule has 0 saturated carbocycles. The minimum atomic E-state index is -0.382. The van der Waals surface area contributed by atoms with Gasteiger partial charge in [-0.25, -0.2) is 0 Å². The molecule has 2 heterocycles. The van der Waals surface area contributed by atoms with Gasteiger partial charge in [-0.15, -0.1) is 0 Å². The Bertz CT molecular complexity index is 609. The Kier molecular flexibility index (Phi) is 5.72. The Morgan fingerprint density at radius 3 is 2.83 bits per heavy atom. The van der Waals surface area contributed by atoms with Gasteiger partial charge in [-0.05, 0) is 31.0 Å². The lowest BCUT2D eigenvalue weighted by molar-refractivity contribution is 0.0838. The highest BCUT2D eigenvalue weighted by Crippen LogP contribution is 2.21. The lowest BCUT2D eigenvalue weighted by atomic mass is 10.0. The first kappa shape index (κ1) is 16.8. The molecule has 1 fully saturated rings. The fraction of sp³-hybridized carbons (Fsp3) is 0.500. The molecule has 1 aromatic heterocycles. The van der Waals surface area contributed by atoms with Crippen molar-refractivity contribution in [2.75, 3.05) is 32.1 Å². The second-order valence-electron chi connectivity index (χ2n) is 6.33. The first-order valence-electron chi connectivity index (χ1n) is 8.51. The summed E-state index contributed by atoms with van der Waals surface area (Å²) in [4.78, 5) is 2.33. The van der Waals surface area contributed by atoms with Crippen LogP contribution in [0.25, 0.3) is 0 Å². The van der Waals surface area contributed by atoms with E-state index in [2.05, 4.69) is 21.4 Å². The van der Waals surface area contributed by atoms with E-state index in [0.717, 1.165) is 37.4 Å². The number of aliphatic hydroxyl groups is 1. The molecule has 1 atom stereocenters. The molecule has 3 rings (SSSR count). The van der Waals surface area contributed by atoms with E-state index >= 15 is 0 Å². The van der Waals surface area contributed by atoms with Gasteiger partial charge in [0.05, 0.1) is 19.8 Å². The van der Waals surface area contributed by atoms with E-state index in [4.69, 9.17) is 4.74 Å². The van der Waals surface area contributed by atoms with Gasteiger partial charge in [0.25, 0.3) is 0 Å². The fourth-order valence-electron chi connectivity index (χ4n) is 3.19. The van der Waals surface area contributed by atoms with Crippen molar-refractivity contribution in [2.24, 2.45) is 0 Å². The molecule has 0 aliphatic carbocycles. The molecule has 0 amide bonds. The number of benzene rings is 1. The summed E-state index contributed by atoms with van der Waals surface area (Å²) in [5.74, 6) is 0.874. The van der Waals surface area contributed by atoms with Gasteiger partial charge in [0.15, 0.2) is 0 Å². The van der Waals surface area contributed by atoms with Crippen molar-refractivity contribution in [3.05, 3.63) is 42.7 Å². The summed E-state index contributed by atoms with van der Waals surface area (Å²) >= 11 is 0. The summed E-state index contributed by atoms with van der Waals surface area (Å²) in [6, 6.07) is 10.4. The number of hydrogen-bond acceptors (Lipinski definition) is 5. The molecule has 1 aromatic carbocycles. The highest BCUT2D eigenvalue weighted by atomic mass is 16.5. The first-order chi connectivity index (χ1) is 11.7. The molecule has 24 heavy (non-hydrogen) atoms. The van der Waals surface area contributed by atoms with Gasteiger partial charge >= 0.3 is 0 Å². The van der Waals surface area contributed by atoms with E-state index in [0.29, 0.717) is 19.1 Å². The maximum atomic E-state index is 10.2. The molecule has 1 aliphatic rings. The number of aliphatic hydroxyl groups excluding tert-OH is 1. The predicted molar refractivity (Wildman–Crippen MR) is 94.3 cm³/mol. The number of nitrogens with zero attached hydrogens (tertiary/aromatic N) is 3. The average Bonchev–Trinajstić information content (AvgIpc) is 3.09. The molecule has 2 aromatic rings. The Morgan fingerprint density at radius 1 is 1.29 bits per heavy atom. The number of anilines is 1. The fourth-order valence-corrected chi connectivity index (χ4v) is 3.19. The summed E-state index contributed by atoms with van der Waals surface area (Å²) in [7, 11) is 1.69. The number of methoxy groups -OCH3 is 1. The number of hydrogen-bond donors (Lipinski definition) is 2. The van der Waals surface area contributed by atoms with Crippen molar-refractivity contribution < 1.29 is 9.84 Å². The lowest BCUT2D eigenvalue weighted by Crippen LogP contribution is -2.43. The molecule has 0 radical (unpaired) electrons. The van der Waals surface area contributed by atoms with Gasteiger partial charge < -0.3 is 20.1 Å². The molecule has 1 saturated heterocycles. The molecule has 0 unspecified atom stereocenters. The quantitative estimate of drug-likeness (QED) is 0.811. The van der Waals surface area contributed by atoms with Gasteiger partial charge in [0.1, 0.15) is 5.75 Å². The highest BCUT2D eigenvalue weighted by Gasteiger charge is 2.21. The molecular weight excluding hydrogens is 304 g/mol. The molecule has 0 bridgehead atoms. The number of β-amino-alcohol motifs (C(OH)–C–C–N with tert-alkyl or cyclic N) is 1. The van der Waals surface area contributed by atoms with Crippen LogP contribution < -0.4 is 10.1 Å². The third-order valence-electron chi connectivity index (χ3n) is 4.45. The number of nitrogens with one attached hydrogen (secondary N) is 1.